The van der Waals surface area contributed by atoms with Crippen molar-refractivity contribution in [2.24, 2.45) is 0 Å². The van der Waals surface area contributed by atoms with Crippen molar-refractivity contribution in [2.75, 3.05) is 11.9 Å². The highest BCUT2D eigenvalue weighted by atomic mass is 19.1. The predicted octanol–water partition coefficient (Wildman–Crippen LogP) is 2.35. The fraction of sp³-hybridized carbons (Fsp3) is 0.333. The Kier molecular flexibility index (Phi) is 1.34. The molecule has 0 aromatic heterocycles. The average Bonchev–Trinajstić information content (AvgIpc) is 2.35. The molecule has 58 valence electrons. The summed E-state index contributed by atoms with van der Waals surface area (Å²) in [6.07, 6.45) is 0. The van der Waals surface area contributed by atoms with E-state index in [1.54, 1.807) is 6.07 Å². The first kappa shape index (κ1) is 6.65. The zero-order chi connectivity index (χ0) is 7.84. The van der Waals surface area contributed by atoms with Gasteiger partial charge in [0.2, 0.25) is 0 Å². The van der Waals surface area contributed by atoms with Crippen molar-refractivity contribution >= 4 is 5.69 Å². The van der Waals surface area contributed by atoms with Gasteiger partial charge in [-0.1, -0.05) is 19.1 Å². The quantitative estimate of drug-likeness (QED) is 0.600. The second-order valence-electron chi connectivity index (χ2n) is 2.99. The van der Waals surface area contributed by atoms with Gasteiger partial charge >= 0.3 is 0 Å². The lowest BCUT2D eigenvalue weighted by molar-refractivity contribution is 0.631. The third-order valence-corrected chi connectivity index (χ3v) is 2.16. The van der Waals surface area contributed by atoms with Crippen LogP contribution in [0.5, 0.6) is 0 Å². The summed E-state index contributed by atoms with van der Waals surface area (Å²) in [5, 5.41) is 3.04. The lowest BCUT2D eigenvalue weighted by Gasteiger charge is -2.00. The van der Waals surface area contributed by atoms with Crippen LogP contribution in [0.1, 0.15) is 18.4 Å². The van der Waals surface area contributed by atoms with Crippen molar-refractivity contribution in [3.63, 3.8) is 0 Å². The smallest absolute Gasteiger partial charge is 0.146 e. The van der Waals surface area contributed by atoms with Gasteiger partial charge in [-0.05, 0) is 11.6 Å². The van der Waals surface area contributed by atoms with E-state index in [0.717, 1.165) is 12.1 Å². The number of para-hydroxylation sites is 1. The molecule has 0 amide bonds. The molecule has 0 aliphatic carbocycles. The van der Waals surface area contributed by atoms with Crippen LogP contribution in [0.15, 0.2) is 18.2 Å². The fourth-order valence-corrected chi connectivity index (χ4v) is 1.50. The monoisotopic (exact) mass is 151 g/mol. The van der Waals surface area contributed by atoms with Gasteiger partial charge in [0.1, 0.15) is 5.82 Å². The minimum atomic E-state index is -0.133. The number of hydrogen-bond acceptors (Lipinski definition) is 1. The van der Waals surface area contributed by atoms with Gasteiger partial charge in [0, 0.05) is 12.5 Å². The van der Waals surface area contributed by atoms with Crippen LogP contribution in [-0.2, 0) is 0 Å². The molecule has 1 nitrogen and oxygen atoms in total. The van der Waals surface area contributed by atoms with Crippen LogP contribution in [-0.4, -0.2) is 6.54 Å². The highest BCUT2D eigenvalue weighted by Gasteiger charge is 2.19. The van der Waals surface area contributed by atoms with E-state index in [9.17, 15) is 4.39 Å². The molecule has 11 heavy (non-hydrogen) atoms. The van der Waals surface area contributed by atoms with Crippen LogP contribution in [0.25, 0.3) is 0 Å². The fourth-order valence-electron chi connectivity index (χ4n) is 1.50. The first-order valence-electron chi connectivity index (χ1n) is 3.81. The number of halogens is 1. The summed E-state index contributed by atoms with van der Waals surface area (Å²) in [6.45, 7) is 2.95. The van der Waals surface area contributed by atoms with Crippen molar-refractivity contribution in [2.45, 2.75) is 12.8 Å². The van der Waals surface area contributed by atoms with Gasteiger partial charge in [0.05, 0.1) is 5.69 Å². The molecular weight excluding hydrogens is 141 g/mol. The van der Waals surface area contributed by atoms with E-state index in [1.807, 2.05) is 6.07 Å². The third kappa shape index (κ3) is 0.897. The van der Waals surface area contributed by atoms with Gasteiger partial charge in [-0.2, -0.15) is 0 Å². The Balaban J connectivity index is 2.57. The minimum absolute atomic E-state index is 0.133. The van der Waals surface area contributed by atoms with Crippen LogP contribution in [0.2, 0.25) is 0 Å². The zero-order valence-corrected chi connectivity index (χ0v) is 6.39. The largest absolute Gasteiger partial charge is 0.382 e. The summed E-state index contributed by atoms with van der Waals surface area (Å²) in [4.78, 5) is 0. The topological polar surface area (TPSA) is 12.0 Å². The van der Waals surface area contributed by atoms with Crippen LogP contribution in [0, 0.1) is 5.82 Å². The molecule has 1 atom stereocenters. The maximum Gasteiger partial charge on any atom is 0.146 e. The van der Waals surface area contributed by atoms with Gasteiger partial charge < -0.3 is 5.32 Å². The van der Waals surface area contributed by atoms with Gasteiger partial charge in [0.25, 0.3) is 0 Å². The van der Waals surface area contributed by atoms with Crippen LogP contribution in [0.3, 0.4) is 0 Å². The molecule has 2 heteroatoms. The average molecular weight is 151 g/mol. The van der Waals surface area contributed by atoms with Gasteiger partial charge in [-0.25, -0.2) is 4.39 Å². The molecule has 1 aromatic carbocycles. The molecule has 0 radical (unpaired) electrons. The van der Waals surface area contributed by atoms with Crippen LogP contribution >= 0.6 is 0 Å². The normalized spacial score (nSPS) is 21.1. The second kappa shape index (κ2) is 2.22. The molecule has 0 unspecified atom stereocenters. The molecule has 1 aliphatic rings. The number of nitrogens with one attached hydrogen (secondary N) is 1. The molecule has 1 aromatic rings. The Bertz CT molecular complexity index is 283. The summed E-state index contributed by atoms with van der Waals surface area (Å²) in [7, 11) is 0. The van der Waals surface area contributed by atoms with Crippen molar-refractivity contribution in [3.05, 3.63) is 29.6 Å². The van der Waals surface area contributed by atoms with Gasteiger partial charge in [-0.3, -0.25) is 0 Å². The summed E-state index contributed by atoms with van der Waals surface area (Å²) in [5.74, 6) is 0.313. The van der Waals surface area contributed by atoms with E-state index in [1.165, 1.54) is 6.07 Å². The number of benzene rings is 1. The maximum absolute atomic E-state index is 13.0. The highest BCUT2D eigenvalue weighted by molar-refractivity contribution is 5.58. The molecule has 0 fully saturated rings. The Labute approximate surface area is 65.2 Å². The molecule has 1 N–H and O–H groups in total. The summed E-state index contributed by atoms with van der Waals surface area (Å²) in [5.41, 5.74) is 1.80. The number of anilines is 1. The summed E-state index contributed by atoms with van der Waals surface area (Å²) in [6, 6.07) is 5.23. The summed E-state index contributed by atoms with van der Waals surface area (Å²) < 4.78 is 13.0. The zero-order valence-electron chi connectivity index (χ0n) is 6.39. The first-order valence-corrected chi connectivity index (χ1v) is 3.81. The standard InChI is InChI=1S/C9H10FN/c1-6-5-11-9-7(6)3-2-4-8(9)10/h2-4,6,11H,5H2,1H3/t6-/m0/s1. The Morgan fingerprint density at radius 1 is 1.55 bits per heavy atom. The Morgan fingerprint density at radius 3 is 3.09 bits per heavy atom. The van der Waals surface area contributed by atoms with Crippen LogP contribution < -0.4 is 5.32 Å². The van der Waals surface area contributed by atoms with E-state index in [-0.39, 0.29) is 5.82 Å². The molecule has 1 heterocycles. The maximum atomic E-state index is 13.0. The van der Waals surface area contributed by atoms with Crippen molar-refractivity contribution in [1.82, 2.24) is 0 Å². The number of rotatable bonds is 0. The number of hydrogen-bond donors (Lipinski definition) is 1. The predicted molar refractivity (Wildman–Crippen MR) is 43.3 cm³/mol. The molecule has 0 saturated carbocycles. The lowest BCUT2D eigenvalue weighted by Crippen LogP contribution is -1.96. The van der Waals surface area contributed by atoms with E-state index < -0.39 is 0 Å². The molecule has 0 bridgehead atoms. The Morgan fingerprint density at radius 2 is 2.36 bits per heavy atom. The lowest BCUT2D eigenvalue weighted by atomic mass is 10.0. The van der Waals surface area contributed by atoms with E-state index >= 15 is 0 Å². The van der Waals surface area contributed by atoms with Crippen molar-refractivity contribution in [1.29, 1.82) is 0 Å². The molecule has 0 spiro atoms. The minimum Gasteiger partial charge on any atom is -0.382 e. The van der Waals surface area contributed by atoms with E-state index in [4.69, 9.17) is 0 Å². The highest BCUT2D eigenvalue weighted by Crippen LogP contribution is 2.32. The molecule has 0 saturated heterocycles. The first-order chi connectivity index (χ1) is 5.29. The third-order valence-electron chi connectivity index (χ3n) is 2.16. The van der Waals surface area contributed by atoms with E-state index in [0.29, 0.717) is 11.6 Å². The second-order valence-corrected chi connectivity index (χ2v) is 2.99. The molecular formula is C9H10FN. The van der Waals surface area contributed by atoms with Gasteiger partial charge in [-0.15, -0.1) is 0 Å². The van der Waals surface area contributed by atoms with Crippen LogP contribution in [0.4, 0.5) is 10.1 Å². The SMILES string of the molecule is C[C@H]1CNc2c(F)cccc21. The Hall–Kier alpha value is -1.05. The molecule has 2 rings (SSSR count). The van der Waals surface area contributed by atoms with Crippen molar-refractivity contribution in [3.8, 4) is 0 Å². The summed E-state index contributed by atoms with van der Waals surface area (Å²) >= 11 is 0. The van der Waals surface area contributed by atoms with Crippen molar-refractivity contribution < 1.29 is 4.39 Å². The number of fused-ring (bicyclic) bond motifs is 1. The van der Waals surface area contributed by atoms with E-state index in [2.05, 4.69) is 12.2 Å². The van der Waals surface area contributed by atoms with Gasteiger partial charge in [0.15, 0.2) is 0 Å². The molecule has 1 aliphatic heterocycles.